The second-order valence-electron chi connectivity index (χ2n) is 5.79. The fourth-order valence-corrected chi connectivity index (χ4v) is 2.81. The molecule has 3 N–H and O–H groups in total. The van der Waals surface area contributed by atoms with Gasteiger partial charge < -0.3 is 10.5 Å². The molecule has 0 saturated heterocycles. The van der Waals surface area contributed by atoms with Crippen LogP contribution in [0.3, 0.4) is 0 Å². The predicted octanol–water partition coefficient (Wildman–Crippen LogP) is 3.24. The Morgan fingerprint density at radius 3 is 2.58 bits per heavy atom. The van der Waals surface area contributed by atoms with E-state index in [1.165, 1.54) is 0 Å². The molecular formula is C20H16N4O2. The van der Waals surface area contributed by atoms with Crippen LogP contribution in [0.15, 0.2) is 71.8 Å². The smallest absolute Gasteiger partial charge is 0.272 e. The number of ether oxygens (including phenoxy) is 1. The zero-order chi connectivity index (χ0) is 17.9. The summed E-state index contributed by atoms with van der Waals surface area (Å²) in [5.74, 6) is 1.38. The molecule has 0 amide bonds. The lowest BCUT2D eigenvalue weighted by atomic mass is 10.0. The van der Waals surface area contributed by atoms with E-state index in [0.717, 1.165) is 22.3 Å². The molecule has 0 aliphatic rings. The first-order valence-electron chi connectivity index (χ1n) is 8.14. The maximum atomic E-state index is 12.0. The summed E-state index contributed by atoms with van der Waals surface area (Å²) >= 11 is 0. The molecule has 0 unspecified atom stereocenters. The van der Waals surface area contributed by atoms with Gasteiger partial charge in [-0.25, -0.2) is 5.10 Å². The summed E-state index contributed by atoms with van der Waals surface area (Å²) in [7, 11) is 0. The number of nitrogens with zero attached hydrogens (tertiary/aromatic N) is 2. The first-order chi connectivity index (χ1) is 12.7. The number of rotatable bonds is 4. The quantitative estimate of drug-likeness (QED) is 0.593. The highest BCUT2D eigenvalue weighted by atomic mass is 16.5. The van der Waals surface area contributed by atoms with Gasteiger partial charge in [0.15, 0.2) is 0 Å². The largest absolute Gasteiger partial charge is 0.456 e. The second-order valence-corrected chi connectivity index (χ2v) is 5.79. The van der Waals surface area contributed by atoms with Crippen molar-refractivity contribution in [3.8, 4) is 22.6 Å². The van der Waals surface area contributed by atoms with Crippen LogP contribution in [0, 0.1) is 0 Å². The van der Waals surface area contributed by atoms with Crippen LogP contribution in [0.4, 0.5) is 0 Å². The highest BCUT2D eigenvalue weighted by Crippen LogP contribution is 2.28. The van der Waals surface area contributed by atoms with Crippen molar-refractivity contribution >= 4 is 10.8 Å². The molecule has 0 spiro atoms. The van der Waals surface area contributed by atoms with Gasteiger partial charge in [0.05, 0.1) is 17.3 Å². The Morgan fingerprint density at radius 2 is 1.77 bits per heavy atom. The van der Waals surface area contributed by atoms with Crippen LogP contribution in [0.25, 0.3) is 21.9 Å². The van der Waals surface area contributed by atoms with E-state index in [1.807, 2.05) is 48.5 Å². The standard InChI is InChI=1S/C20H16N4O2/c21-10-19-18-9-13(6-7-17(18)20(25)24-23-19)14-8-16(12-22-11-14)26-15-4-2-1-3-5-15/h1-9,11-12H,10,21H2,(H,24,25). The molecule has 0 aliphatic heterocycles. The third-order valence-electron chi connectivity index (χ3n) is 4.09. The Hall–Kier alpha value is -3.51. The van der Waals surface area contributed by atoms with Gasteiger partial charge in [-0.05, 0) is 35.9 Å². The number of H-pyrrole nitrogens is 1. The average Bonchev–Trinajstić information content (AvgIpc) is 2.69. The lowest BCUT2D eigenvalue weighted by Gasteiger charge is -2.09. The van der Waals surface area contributed by atoms with Crippen LogP contribution in [0.1, 0.15) is 5.69 Å². The number of nitrogens with two attached hydrogens (primary N) is 1. The monoisotopic (exact) mass is 344 g/mol. The topological polar surface area (TPSA) is 93.9 Å². The normalized spacial score (nSPS) is 10.8. The van der Waals surface area contributed by atoms with Crippen molar-refractivity contribution in [2.45, 2.75) is 6.54 Å². The van der Waals surface area contributed by atoms with E-state index in [-0.39, 0.29) is 12.1 Å². The molecule has 2 heterocycles. The first-order valence-corrected chi connectivity index (χ1v) is 8.14. The van der Waals surface area contributed by atoms with Gasteiger partial charge in [0, 0.05) is 23.7 Å². The van der Waals surface area contributed by atoms with E-state index in [2.05, 4.69) is 15.2 Å². The SMILES string of the molecule is NCc1n[nH]c(=O)c2ccc(-c3cncc(Oc4ccccc4)c3)cc12. The summed E-state index contributed by atoms with van der Waals surface area (Å²) in [4.78, 5) is 16.2. The predicted molar refractivity (Wildman–Crippen MR) is 100 cm³/mol. The van der Waals surface area contributed by atoms with E-state index in [1.54, 1.807) is 18.5 Å². The number of fused-ring (bicyclic) bond motifs is 1. The van der Waals surface area contributed by atoms with Gasteiger partial charge in [0.2, 0.25) is 0 Å². The van der Waals surface area contributed by atoms with Crippen LogP contribution < -0.4 is 16.0 Å². The van der Waals surface area contributed by atoms with Gasteiger partial charge in [-0.2, -0.15) is 5.10 Å². The fourth-order valence-electron chi connectivity index (χ4n) is 2.81. The first kappa shape index (κ1) is 16.0. The fraction of sp³-hybridized carbons (Fsp3) is 0.0500. The van der Waals surface area contributed by atoms with Crippen molar-refractivity contribution in [1.29, 1.82) is 0 Å². The van der Waals surface area contributed by atoms with Gasteiger partial charge in [-0.1, -0.05) is 24.3 Å². The van der Waals surface area contributed by atoms with Gasteiger partial charge in [0.1, 0.15) is 11.5 Å². The Balaban J connectivity index is 1.76. The van der Waals surface area contributed by atoms with Crippen molar-refractivity contribution in [2.24, 2.45) is 5.73 Å². The summed E-state index contributed by atoms with van der Waals surface area (Å²) in [6.45, 7) is 0.242. The lowest BCUT2D eigenvalue weighted by Crippen LogP contribution is -2.13. The number of hydrogen-bond acceptors (Lipinski definition) is 5. The molecule has 26 heavy (non-hydrogen) atoms. The number of para-hydroxylation sites is 1. The Bertz CT molecular complexity index is 1120. The number of hydrogen-bond donors (Lipinski definition) is 2. The lowest BCUT2D eigenvalue weighted by molar-refractivity contribution is 0.480. The third-order valence-corrected chi connectivity index (χ3v) is 4.09. The summed E-state index contributed by atoms with van der Waals surface area (Å²) in [6.07, 6.45) is 3.41. The Labute approximate surface area is 149 Å². The second kappa shape index (κ2) is 6.78. The molecule has 2 aromatic heterocycles. The molecule has 4 rings (SSSR count). The Kier molecular flexibility index (Phi) is 4.17. The highest BCUT2D eigenvalue weighted by Gasteiger charge is 2.09. The van der Waals surface area contributed by atoms with Crippen molar-refractivity contribution in [3.05, 3.63) is 83.0 Å². The Morgan fingerprint density at radius 1 is 0.923 bits per heavy atom. The van der Waals surface area contributed by atoms with E-state index >= 15 is 0 Å². The average molecular weight is 344 g/mol. The van der Waals surface area contributed by atoms with Crippen LogP contribution in [-0.2, 0) is 6.54 Å². The third kappa shape index (κ3) is 3.05. The summed E-state index contributed by atoms with van der Waals surface area (Å²) in [5.41, 5.74) is 7.95. The molecule has 0 saturated carbocycles. The van der Waals surface area contributed by atoms with Crippen LogP contribution in [0.2, 0.25) is 0 Å². The number of aromatic amines is 1. The summed E-state index contributed by atoms with van der Waals surface area (Å²) in [6, 6.07) is 17.0. The molecule has 2 aromatic carbocycles. The molecular weight excluding hydrogens is 328 g/mol. The molecule has 0 radical (unpaired) electrons. The summed E-state index contributed by atoms with van der Waals surface area (Å²) in [5, 5.41) is 7.80. The number of pyridine rings is 1. The summed E-state index contributed by atoms with van der Waals surface area (Å²) < 4.78 is 5.84. The van der Waals surface area contributed by atoms with Crippen LogP contribution in [0.5, 0.6) is 11.5 Å². The van der Waals surface area contributed by atoms with Crippen LogP contribution >= 0.6 is 0 Å². The highest BCUT2D eigenvalue weighted by molar-refractivity contribution is 5.88. The minimum Gasteiger partial charge on any atom is -0.456 e. The van der Waals surface area contributed by atoms with Gasteiger partial charge in [-0.15, -0.1) is 0 Å². The van der Waals surface area contributed by atoms with Gasteiger partial charge >= 0.3 is 0 Å². The van der Waals surface area contributed by atoms with E-state index in [9.17, 15) is 4.79 Å². The van der Waals surface area contributed by atoms with E-state index < -0.39 is 0 Å². The minimum absolute atomic E-state index is 0.233. The van der Waals surface area contributed by atoms with Crippen molar-refractivity contribution in [1.82, 2.24) is 15.2 Å². The number of nitrogens with one attached hydrogen (secondary N) is 1. The van der Waals surface area contributed by atoms with Crippen molar-refractivity contribution in [2.75, 3.05) is 0 Å². The number of benzene rings is 2. The molecule has 128 valence electrons. The molecule has 6 nitrogen and oxygen atoms in total. The minimum atomic E-state index is -0.233. The zero-order valence-corrected chi connectivity index (χ0v) is 13.8. The van der Waals surface area contributed by atoms with Crippen molar-refractivity contribution in [3.63, 3.8) is 0 Å². The van der Waals surface area contributed by atoms with E-state index in [0.29, 0.717) is 16.8 Å². The van der Waals surface area contributed by atoms with E-state index in [4.69, 9.17) is 10.5 Å². The van der Waals surface area contributed by atoms with Crippen LogP contribution in [-0.4, -0.2) is 15.2 Å². The molecule has 0 bridgehead atoms. The van der Waals surface area contributed by atoms with Crippen molar-refractivity contribution < 1.29 is 4.74 Å². The number of aromatic nitrogens is 3. The maximum Gasteiger partial charge on any atom is 0.272 e. The van der Waals surface area contributed by atoms with Gasteiger partial charge in [-0.3, -0.25) is 9.78 Å². The molecule has 0 atom stereocenters. The molecule has 4 aromatic rings. The van der Waals surface area contributed by atoms with Gasteiger partial charge in [0.25, 0.3) is 5.56 Å². The zero-order valence-electron chi connectivity index (χ0n) is 13.8. The molecule has 0 aliphatic carbocycles. The molecule has 6 heteroatoms. The molecule has 0 fully saturated rings. The maximum absolute atomic E-state index is 12.0.